The summed E-state index contributed by atoms with van der Waals surface area (Å²) in [6, 6.07) is 77.1. The van der Waals surface area contributed by atoms with Gasteiger partial charge >= 0.3 is 0 Å². The van der Waals surface area contributed by atoms with Gasteiger partial charge in [-0.3, -0.25) is 0 Å². The monoisotopic (exact) mass is 897 g/mol. The molecule has 2 atom stereocenters. The Morgan fingerprint density at radius 1 is 0.500 bits per heavy atom. The van der Waals surface area contributed by atoms with Crippen LogP contribution in [0.5, 0.6) is 0 Å². The Bertz CT molecular complexity index is 4010. The number of nitrogens with zero attached hydrogens (tertiary/aromatic N) is 3. The number of hydrogen-bond acceptors (Lipinski definition) is 4. The van der Waals surface area contributed by atoms with Gasteiger partial charge in [0.15, 0.2) is 5.58 Å². The molecule has 5 heteroatoms. The zero-order valence-electron chi connectivity index (χ0n) is 39.6. The van der Waals surface area contributed by atoms with Crippen molar-refractivity contribution in [1.29, 1.82) is 0 Å². The summed E-state index contributed by atoms with van der Waals surface area (Å²) in [5, 5.41) is 6.68. The van der Waals surface area contributed by atoms with Crippen molar-refractivity contribution in [2.24, 2.45) is 0 Å². The van der Waals surface area contributed by atoms with Gasteiger partial charge in [0.25, 0.3) is 6.71 Å². The van der Waals surface area contributed by atoms with Crippen molar-refractivity contribution in [2.45, 2.75) is 57.4 Å². The number of anilines is 8. The molecule has 1 saturated carbocycles. The molecule has 0 spiro atoms. The van der Waals surface area contributed by atoms with E-state index in [0.717, 1.165) is 50.5 Å². The molecule has 1 aromatic heterocycles. The van der Waals surface area contributed by atoms with E-state index >= 15 is 0 Å². The van der Waals surface area contributed by atoms with E-state index in [0.29, 0.717) is 0 Å². The van der Waals surface area contributed by atoms with E-state index in [1.165, 1.54) is 103 Å². The molecule has 4 heterocycles. The molecular formula is C65H48BN3O. The van der Waals surface area contributed by atoms with Crippen molar-refractivity contribution in [2.75, 3.05) is 14.7 Å². The number of fused-ring (bicyclic) bond motifs is 13. The molecule has 1 fully saturated rings. The third-order valence-corrected chi connectivity index (χ3v) is 17.0. The maximum absolute atomic E-state index is 7.00. The SMILES string of the molecule is Cc1cc2c3c(c1)N(c1cccc4c#cc5ccccc5c14)c1ccc(-c4ccccc4)cc1B3c1ccc(N3c4ccccc4C4(C)CCCCC34C)cc1N2c1cccc2c1oc1ccccc12. The zero-order valence-corrected chi connectivity index (χ0v) is 39.6. The number of aryl methyl sites for hydroxylation is 1. The lowest BCUT2D eigenvalue weighted by Gasteiger charge is -2.50. The first-order chi connectivity index (χ1) is 34.4. The van der Waals surface area contributed by atoms with Crippen molar-refractivity contribution in [3.8, 4) is 11.1 Å². The third kappa shape index (κ3) is 5.29. The summed E-state index contributed by atoms with van der Waals surface area (Å²) in [5.41, 5.74) is 20.0. The van der Waals surface area contributed by atoms with Crippen molar-refractivity contribution in [3.63, 3.8) is 0 Å². The van der Waals surface area contributed by atoms with Gasteiger partial charge < -0.3 is 19.1 Å². The van der Waals surface area contributed by atoms with Crippen LogP contribution in [0.1, 0.15) is 50.7 Å². The fraction of sp³-hybridized carbons (Fsp3) is 0.138. The van der Waals surface area contributed by atoms with Gasteiger partial charge in [-0.25, -0.2) is 0 Å². The summed E-state index contributed by atoms with van der Waals surface area (Å²) < 4.78 is 7.00. The first kappa shape index (κ1) is 39.8. The predicted octanol–water partition coefficient (Wildman–Crippen LogP) is 15.3. The summed E-state index contributed by atoms with van der Waals surface area (Å²) in [6.45, 7) is 7.25. The standard InChI is InChI=1S/C65H48BN3O/c1-41-37-58-62-59(38-41)68(56-27-16-23-49-48-22-9-12-28-60(48)70-63(49)56)57-40-46(69-53-25-11-10-24-50(53)64(2)35-13-14-36-65(64,69)3)32-33-51(57)66(62)52-39-45(42-17-5-4-6-18-42)31-34-54(52)67(58)55-26-15-20-44-30-29-43-19-7-8-21-47(43)61(44)55/h4-12,15-28,31-34,37-40H,13-14,35-36H2,1-3H3. The van der Waals surface area contributed by atoms with E-state index in [4.69, 9.17) is 4.42 Å². The molecule has 332 valence electrons. The van der Waals surface area contributed by atoms with Crippen LogP contribution in [0.15, 0.2) is 192 Å². The molecule has 70 heavy (non-hydrogen) atoms. The summed E-state index contributed by atoms with van der Waals surface area (Å²) in [5.74, 6) is 0. The molecule has 0 saturated heterocycles. The summed E-state index contributed by atoms with van der Waals surface area (Å²) in [6.07, 6.45) is 4.79. The maximum Gasteiger partial charge on any atom is 0.252 e. The fourth-order valence-corrected chi connectivity index (χ4v) is 13.7. The van der Waals surface area contributed by atoms with E-state index in [1.807, 2.05) is 0 Å². The number of benzene rings is 9. The van der Waals surface area contributed by atoms with Crippen LogP contribution in [0.3, 0.4) is 0 Å². The maximum atomic E-state index is 7.00. The van der Waals surface area contributed by atoms with Crippen LogP contribution in [-0.2, 0) is 5.41 Å². The lowest BCUT2D eigenvalue weighted by Crippen LogP contribution is -2.61. The first-order valence-corrected chi connectivity index (χ1v) is 25.0. The van der Waals surface area contributed by atoms with Crippen molar-refractivity contribution < 1.29 is 4.42 Å². The van der Waals surface area contributed by atoms with Gasteiger partial charge in [-0.15, -0.1) is 0 Å². The average molecular weight is 898 g/mol. The number of para-hydroxylation sites is 3. The van der Waals surface area contributed by atoms with Crippen LogP contribution in [-0.4, -0.2) is 12.3 Å². The van der Waals surface area contributed by atoms with E-state index in [1.54, 1.807) is 0 Å². The van der Waals surface area contributed by atoms with Crippen LogP contribution in [0, 0.1) is 19.1 Å². The second-order valence-electron chi connectivity index (χ2n) is 20.6. The fourth-order valence-electron chi connectivity index (χ4n) is 13.7. The molecule has 15 rings (SSSR count). The number of hydrogen-bond donors (Lipinski definition) is 0. The lowest BCUT2D eigenvalue weighted by molar-refractivity contribution is 0.195. The van der Waals surface area contributed by atoms with Gasteiger partial charge in [0.05, 0.1) is 16.9 Å². The molecule has 10 aromatic carbocycles. The highest BCUT2D eigenvalue weighted by Gasteiger charge is 2.58. The van der Waals surface area contributed by atoms with Crippen LogP contribution in [0.4, 0.5) is 45.5 Å². The van der Waals surface area contributed by atoms with E-state index in [2.05, 4.69) is 236 Å². The van der Waals surface area contributed by atoms with Crippen molar-refractivity contribution in [1.82, 2.24) is 0 Å². The van der Waals surface area contributed by atoms with Crippen molar-refractivity contribution in [3.05, 3.63) is 211 Å². The minimum atomic E-state index is -0.0938. The Hall–Kier alpha value is -8.20. The average Bonchev–Trinajstić information content (AvgIpc) is 3.88. The molecule has 0 radical (unpaired) electrons. The highest BCUT2D eigenvalue weighted by atomic mass is 16.3. The Labute approximate surface area is 409 Å². The highest BCUT2D eigenvalue weighted by Crippen LogP contribution is 2.61. The molecule has 4 nitrogen and oxygen atoms in total. The Balaban J connectivity index is 1.05. The van der Waals surface area contributed by atoms with Crippen LogP contribution in [0.25, 0.3) is 54.6 Å². The third-order valence-electron chi connectivity index (χ3n) is 17.0. The van der Waals surface area contributed by atoms with Crippen LogP contribution >= 0.6 is 0 Å². The molecule has 0 amide bonds. The lowest BCUT2D eigenvalue weighted by atomic mass is 9.33. The van der Waals surface area contributed by atoms with E-state index in [9.17, 15) is 0 Å². The van der Waals surface area contributed by atoms with Gasteiger partial charge in [0.1, 0.15) is 5.58 Å². The normalized spacial score (nSPS) is 18.7. The van der Waals surface area contributed by atoms with Gasteiger partial charge in [-0.05, 0) is 132 Å². The minimum Gasteiger partial charge on any atom is -0.454 e. The molecule has 0 bridgehead atoms. The molecule has 3 aliphatic heterocycles. The predicted molar refractivity (Wildman–Crippen MR) is 293 cm³/mol. The molecule has 2 unspecified atom stereocenters. The molecule has 1 aliphatic carbocycles. The van der Waals surface area contributed by atoms with Gasteiger partial charge in [-0.2, -0.15) is 0 Å². The van der Waals surface area contributed by atoms with Gasteiger partial charge in [0.2, 0.25) is 0 Å². The Kier molecular flexibility index (Phi) is 8.19. The van der Waals surface area contributed by atoms with E-state index in [-0.39, 0.29) is 17.7 Å². The Morgan fingerprint density at radius 2 is 1.19 bits per heavy atom. The Morgan fingerprint density at radius 3 is 2.07 bits per heavy atom. The minimum absolute atomic E-state index is 0.0260. The molecular weight excluding hydrogens is 850 g/mol. The molecule has 11 aromatic rings. The largest absolute Gasteiger partial charge is 0.454 e. The first-order valence-electron chi connectivity index (χ1n) is 25.0. The summed E-state index contributed by atoms with van der Waals surface area (Å²) in [7, 11) is 0. The highest BCUT2D eigenvalue weighted by molar-refractivity contribution is 7.00. The van der Waals surface area contributed by atoms with Crippen LogP contribution < -0.4 is 31.1 Å². The van der Waals surface area contributed by atoms with Crippen molar-refractivity contribution >= 4 is 112 Å². The zero-order chi connectivity index (χ0) is 46.5. The number of rotatable bonds is 4. The second kappa shape index (κ2) is 14.4. The topological polar surface area (TPSA) is 22.9 Å². The molecule has 4 aliphatic rings. The van der Waals surface area contributed by atoms with Crippen LogP contribution in [0.2, 0.25) is 0 Å². The molecule has 0 N–H and O–H groups in total. The second-order valence-corrected chi connectivity index (χ2v) is 20.6. The van der Waals surface area contributed by atoms with Gasteiger partial charge in [-0.1, -0.05) is 153 Å². The van der Waals surface area contributed by atoms with Gasteiger partial charge in [0, 0.05) is 71.9 Å². The smallest absolute Gasteiger partial charge is 0.252 e. The summed E-state index contributed by atoms with van der Waals surface area (Å²) in [4.78, 5) is 7.84. The number of furan rings is 1. The summed E-state index contributed by atoms with van der Waals surface area (Å²) >= 11 is 0. The quantitative estimate of drug-likeness (QED) is 0.164. The van der Waals surface area contributed by atoms with E-state index < -0.39 is 0 Å².